The van der Waals surface area contributed by atoms with E-state index in [1.807, 2.05) is 0 Å². The summed E-state index contributed by atoms with van der Waals surface area (Å²) in [4.78, 5) is 23.5. The molecular formula is C48H100CaO8P2. The van der Waals surface area contributed by atoms with Crippen molar-refractivity contribution in [3.8, 4) is 0 Å². The Bertz CT molecular complexity index is 741. The van der Waals surface area contributed by atoms with Crippen LogP contribution in [0.1, 0.15) is 285 Å². The van der Waals surface area contributed by atoms with E-state index in [9.17, 15) is 18.9 Å². The largest absolute Gasteiger partial charge is 2.00 e. The smallest absolute Gasteiger partial charge is 0.756 e. The third-order valence-corrected chi connectivity index (χ3v) is 13.0. The van der Waals surface area contributed by atoms with Gasteiger partial charge in [0.05, 0.1) is 26.4 Å². The van der Waals surface area contributed by atoms with Crippen LogP contribution in [0.3, 0.4) is 0 Å². The second-order valence-electron chi connectivity index (χ2n) is 17.0. The summed E-state index contributed by atoms with van der Waals surface area (Å²) in [6, 6.07) is 0. The van der Waals surface area contributed by atoms with Crippen LogP contribution in [0.15, 0.2) is 0 Å². The molecule has 0 saturated carbocycles. The Balaban J connectivity index is -0.00000105. The molecule has 0 rings (SSSR count). The molecule has 0 radical (unpaired) electrons. The van der Waals surface area contributed by atoms with Gasteiger partial charge in [-0.1, -0.05) is 259 Å². The van der Waals surface area contributed by atoms with Crippen LogP contribution < -0.4 is 9.79 Å². The van der Waals surface area contributed by atoms with Crippen molar-refractivity contribution in [2.75, 3.05) is 26.4 Å². The Kier molecular flexibility index (Phi) is 59.1. The molecule has 0 bridgehead atoms. The van der Waals surface area contributed by atoms with E-state index in [0.29, 0.717) is 0 Å². The van der Waals surface area contributed by atoms with Crippen LogP contribution >= 0.6 is 15.6 Å². The maximum atomic E-state index is 11.7. The zero-order chi connectivity index (χ0) is 42.9. The monoisotopic (exact) mass is 907 g/mol. The fraction of sp³-hybridized carbons (Fsp3) is 1.00. The molecule has 0 unspecified atom stereocenters. The van der Waals surface area contributed by atoms with Gasteiger partial charge in [-0.2, -0.15) is 0 Å². The molecule has 0 fully saturated rings. The summed E-state index contributed by atoms with van der Waals surface area (Å²) >= 11 is 0. The summed E-state index contributed by atoms with van der Waals surface area (Å²) in [5.41, 5.74) is 0. The van der Waals surface area contributed by atoms with Crippen molar-refractivity contribution in [1.82, 2.24) is 0 Å². The van der Waals surface area contributed by atoms with Gasteiger partial charge in [-0.15, -0.1) is 0 Å². The minimum atomic E-state index is -4.10. The van der Waals surface area contributed by atoms with Crippen LogP contribution in [-0.2, 0) is 27.2 Å². The molecule has 0 aromatic carbocycles. The van der Waals surface area contributed by atoms with Gasteiger partial charge < -0.3 is 27.9 Å². The van der Waals surface area contributed by atoms with E-state index in [1.165, 1.54) is 205 Å². The fourth-order valence-corrected chi connectivity index (χ4v) is 8.70. The fourth-order valence-electron chi connectivity index (χ4n) is 7.14. The summed E-state index contributed by atoms with van der Waals surface area (Å²) in [6.07, 6.45) is 49.0. The van der Waals surface area contributed by atoms with Crippen LogP contribution in [0.4, 0.5) is 0 Å². The molecule has 0 spiro atoms. The van der Waals surface area contributed by atoms with E-state index >= 15 is 0 Å². The van der Waals surface area contributed by atoms with Gasteiger partial charge in [0, 0.05) is 0 Å². The van der Waals surface area contributed by atoms with Crippen molar-refractivity contribution < 1.29 is 37.0 Å². The Hall–Kier alpha value is 1.48. The first-order chi connectivity index (χ1) is 28.2. The molecule has 11 heteroatoms. The number of rotatable bonds is 48. The van der Waals surface area contributed by atoms with E-state index in [-0.39, 0.29) is 64.2 Å². The first-order valence-electron chi connectivity index (χ1n) is 25.4. The summed E-state index contributed by atoms with van der Waals surface area (Å²) in [6.45, 7) is 10.0. The molecule has 0 aromatic rings. The Morgan fingerprint density at radius 2 is 0.373 bits per heavy atom. The van der Waals surface area contributed by atoms with Crippen LogP contribution in [0.25, 0.3) is 0 Å². The van der Waals surface area contributed by atoms with Crippen molar-refractivity contribution in [1.29, 1.82) is 0 Å². The minimum Gasteiger partial charge on any atom is -0.756 e. The molecular weight excluding hydrogens is 807 g/mol. The van der Waals surface area contributed by atoms with Crippen molar-refractivity contribution in [2.45, 2.75) is 285 Å². The zero-order valence-corrected chi connectivity index (χ0v) is 44.0. The van der Waals surface area contributed by atoms with E-state index in [2.05, 4.69) is 27.7 Å². The Morgan fingerprint density at radius 1 is 0.254 bits per heavy atom. The summed E-state index contributed by atoms with van der Waals surface area (Å²) in [7, 11) is -8.19. The van der Waals surface area contributed by atoms with Crippen LogP contribution in [-0.4, -0.2) is 64.2 Å². The second kappa shape index (κ2) is 53.8. The van der Waals surface area contributed by atoms with Gasteiger partial charge in [-0.3, -0.25) is 9.13 Å². The van der Waals surface area contributed by atoms with Crippen LogP contribution in [0.5, 0.6) is 0 Å². The molecule has 0 heterocycles. The molecule has 352 valence electrons. The number of hydrogen-bond acceptors (Lipinski definition) is 8. The second-order valence-corrected chi connectivity index (χ2v) is 19.8. The van der Waals surface area contributed by atoms with E-state index in [4.69, 9.17) is 18.1 Å². The molecule has 0 N–H and O–H groups in total. The van der Waals surface area contributed by atoms with Gasteiger partial charge in [0.2, 0.25) is 0 Å². The molecule has 0 aliphatic rings. The summed E-state index contributed by atoms with van der Waals surface area (Å²) in [5, 5.41) is 0. The first kappa shape index (κ1) is 64.8. The van der Waals surface area contributed by atoms with Crippen LogP contribution in [0, 0.1) is 0 Å². The van der Waals surface area contributed by atoms with Crippen molar-refractivity contribution in [3.05, 3.63) is 0 Å². The summed E-state index contributed by atoms with van der Waals surface area (Å²) < 4.78 is 43.4. The zero-order valence-electron chi connectivity index (χ0n) is 40.0. The normalized spacial score (nSPS) is 11.8. The third kappa shape index (κ3) is 59.5. The number of unbranched alkanes of at least 4 members (excludes halogenated alkanes) is 36. The van der Waals surface area contributed by atoms with E-state index < -0.39 is 15.6 Å². The van der Waals surface area contributed by atoms with Crippen molar-refractivity contribution in [2.24, 2.45) is 0 Å². The predicted molar refractivity (Wildman–Crippen MR) is 252 cm³/mol. The molecule has 0 aromatic heterocycles. The van der Waals surface area contributed by atoms with Gasteiger partial charge in [0.15, 0.2) is 0 Å². The van der Waals surface area contributed by atoms with Gasteiger partial charge in [0.25, 0.3) is 15.6 Å². The SMILES string of the molecule is CCCCCCCCCCCCOP(=O)([O-])OCCCCCCCCCCCC.CCCCCCCCCCCCOP(=O)([O-])OCCCCCCCCCCCC.[Ca+2]. The molecule has 59 heavy (non-hydrogen) atoms. The molecule has 0 amide bonds. The minimum absolute atomic E-state index is 0. The number of phosphoric ester groups is 2. The van der Waals surface area contributed by atoms with Crippen molar-refractivity contribution >= 4 is 53.4 Å². The third-order valence-electron chi connectivity index (χ3n) is 11.0. The average molecular weight is 907 g/mol. The predicted octanol–water partition coefficient (Wildman–Crippen LogP) is 16.3. The summed E-state index contributed by atoms with van der Waals surface area (Å²) in [5.74, 6) is 0. The standard InChI is InChI=1S/2C24H51O4P.Ca/c2*1-3-5-7-9-11-13-15-17-19-21-23-27-29(25,26)28-24-22-20-18-16-14-12-10-8-6-4-2;/h2*3-24H2,1-2H3,(H,25,26);/q;;+2/p-2. The molecule has 0 atom stereocenters. The van der Waals surface area contributed by atoms with Gasteiger partial charge in [-0.25, -0.2) is 0 Å². The maximum Gasteiger partial charge on any atom is 2.00 e. The average Bonchev–Trinajstić information content (AvgIpc) is 3.20. The number of hydrogen-bond donors (Lipinski definition) is 0. The quantitative estimate of drug-likeness (QED) is 0.0337. The van der Waals surface area contributed by atoms with Crippen LogP contribution in [0.2, 0.25) is 0 Å². The molecule has 8 nitrogen and oxygen atoms in total. The molecule has 0 saturated heterocycles. The van der Waals surface area contributed by atoms with Gasteiger partial charge in [0.1, 0.15) is 0 Å². The van der Waals surface area contributed by atoms with Crippen molar-refractivity contribution in [3.63, 3.8) is 0 Å². The first-order valence-corrected chi connectivity index (χ1v) is 28.4. The maximum absolute atomic E-state index is 11.7. The Labute approximate surface area is 398 Å². The number of phosphoric acid groups is 2. The van der Waals surface area contributed by atoms with E-state index in [0.717, 1.165) is 51.4 Å². The topological polar surface area (TPSA) is 117 Å². The van der Waals surface area contributed by atoms with Gasteiger partial charge in [-0.05, 0) is 25.7 Å². The Morgan fingerprint density at radius 3 is 0.508 bits per heavy atom. The van der Waals surface area contributed by atoms with E-state index in [1.54, 1.807) is 0 Å². The van der Waals surface area contributed by atoms with Gasteiger partial charge >= 0.3 is 37.7 Å². The molecule has 0 aliphatic heterocycles. The molecule has 0 aliphatic carbocycles.